The third-order valence-electron chi connectivity index (χ3n) is 6.29. The van der Waals surface area contributed by atoms with Crippen LogP contribution in [0.3, 0.4) is 0 Å². The highest BCUT2D eigenvalue weighted by Gasteiger charge is 2.35. The van der Waals surface area contributed by atoms with Crippen LogP contribution >= 0.6 is 0 Å². The zero-order valence-corrected chi connectivity index (χ0v) is 15.3. The minimum Gasteiger partial charge on any atom is -0.394 e. The molecule has 5 aromatic carbocycles. The number of aliphatic hydroxyl groups excluding tert-OH is 2. The number of fused-ring (bicyclic) bond motifs is 2. The Morgan fingerprint density at radius 1 is 0.786 bits per heavy atom. The summed E-state index contributed by atoms with van der Waals surface area (Å²) in [5.41, 5.74) is 1.08. The second kappa shape index (κ2) is 5.89. The Hall–Kier alpha value is -2.72. The molecular weight excluding hydrogens is 348 g/mol. The van der Waals surface area contributed by atoms with Crippen LogP contribution in [-0.4, -0.2) is 29.0 Å². The highest BCUT2D eigenvalue weighted by molar-refractivity contribution is 6.29. The van der Waals surface area contributed by atoms with Gasteiger partial charge in [-0.3, -0.25) is 0 Å². The molecule has 5 aromatic rings. The molecule has 0 saturated carbocycles. The van der Waals surface area contributed by atoms with Crippen molar-refractivity contribution in [2.24, 2.45) is 0 Å². The van der Waals surface area contributed by atoms with E-state index in [2.05, 4.69) is 66.7 Å². The fourth-order valence-corrected chi connectivity index (χ4v) is 4.96. The van der Waals surface area contributed by atoms with E-state index in [0.717, 1.165) is 10.9 Å². The van der Waals surface area contributed by atoms with Crippen molar-refractivity contribution in [2.45, 2.75) is 24.7 Å². The summed E-state index contributed by atoms with van der Waals surface area (Å²) >= 11 is 0. The maximum Gasteiger partial charge on any atom is 0.107 e. The first-order valence-electron chi connectivity index (χ1n) is 9.78. The van der Waals surface area contributed by atoms with Crippen molar-refractivity contribution in [3.05, 3.63) is 72.3 Å². The minimum absolute atomic E-state index is 0.159. The summed E-state index contributed by atoms with van der Waals surface area (Å²) < 4.78 is 5.97. The zero-order valence-electron chi connectivity index (χ0n) is 15.3. The second-order valence-corrected chi connectivity index (χ2v) is 7.82. The summed E-state index contributed by atoms with van der Waals surface area (Å²) in [6.07, 6.45) is -0.833. The quantitative estimate of drug-likeness (QED) is 0.343. The number of ether oxygens (including phenoxy) is 1. The molecule has 2 N–H and O–H groups in total. The van der Waals surface area contributed by atoms with Crippen molar-refractivity contribution in [1.29, 1.82) is 0 Å². The molecule has 1 saturated heterocycles. The van der Waals surface area contributed by atoms with E-state index in [1.165, 1.54) is 37.7 Å². The Kier molecular flexibility index (Phi) is 3.42. The van der Waals surface area contributed by atoms with Crippen molar-refractivity contribution < 1.29 is 14.9 Å². The van der Waals surface area contributed by atoms with E-state index in [9.17, 15) is 10.2 Å². The summed E-state index contributed by atoms with van der Waals surface area (Å²) in [5, 5.41) is 29.6. The molecule has 0 bridgehead atoms. The third kappa shape index (κ3) is 2.15. The van der Waals surface area contributed by atoms with E-state index in [-0.39, 0.29) is 12.7 Å². The van der Waals surface area contributed by atoms with E-state index in [4.69, 9.17) is 4.74 Å². The zero-order chi connectivity index (χ0) is 18.8. The van der Waals surface area contributed by atoms with Gasteiger partial charge in [-0.15, -0.1) is 0 Å². The predicted molar refractivity (Wildman–Crippen MR) is 113 cm³/mol. The van der Waals surface area contributed by atoms with E-state index in [1.807, 2.05) is 0 Å². The van der Waals surface area contributed by atoms with Gasteiger partial charge in [0.25, 0.3) is 0 Å². The van der Waals surface area contributed by atoms with Crippen LogP contribution in [-0.2, 0) is 4.74 Å². The Labute approximate surface area is 162 Å². The fourth-order valence-electron chi connectivity index (χ4n) is 4.96. The van der Waals surface area contributed by atoms with Crippen molar-refractivity contribution in [1.82, 2.24) is 0 Å². The number of benzene rings is 5. The lowest BCUT2D eigenvalue weighted by Crippen LogP contribution is -2.24. The molecule has 3 nitrogen and oxygen atoms in total. The summed E-state index contributed by atoms with van der Waals surface area (Å²) in [6.45, 7) is -0.159. The molecule has 6 rings (SSSR count). The van der Waals surface area contributed by atoms with Gasteiger partial charge in [-0.05, 0) is 54.7 Å². The molecule has 0 aromatic heterocycles. The van der Waals surface area contributed by atoms with E-state index >= 15 is 0 Å². The molecule has 1 unspecified atom stereocenters. The largest absolute Gasteiger partial charge is 0.394 e. The van der Waals surface area contributed by atoms with Crippen LogP contribution < -0.4 is 0 Å². The molecule has 0 amide bonds. The van der Waals surface area contributed by atoms with Gasteiger partial charge < -0.3 is 14.9 Å². The van der Waals surface area contributed by atoms with E-state index in [0.29, 0.717) is 6.42 Å². The maximum atomic E-state index is 10.2. The van der Waals surface area contributed by atoms with Gasteiger partial charge in [0.1, 0.15) is 6.10 Å². The number of hydrogen-bond donors (Lipinski definition) is 2. The van der Waals surface area contributed by atoms with Crippen LogP contribution in [0, 0.1) is 0 Å². The lowest BCUT2D eigenvalue weighted by Gasteiger charge is -2.18. The van der Waals surface area contributed by atoms with Crippen molar-refractivity contribution in [3.8, 4) is 0 Å². The molecule has 3 heteroatoms. The fraction of sp³-hybridized carbons (Fsp3) is 0.200. The molecule has 1 aliphatic rings. The molecule has 3 atom stereocenters. The summed E-state index contributed by atoms with van der Waals surface area (Å²) in [5.74, 6) is 0. The average molecular weight is 368 g/mol. The topological polar surface area (TPSA) is 49.7 Å². The number of rotatable bonds is 2. The average Bonchev–Trinajstić information content (AvgIpc) is 3.11. The minimum atomic E-state index is -0.629. The van der Waals surface area contributed by atoms with Crippen LogP contribution in [0.15, 0.2) is 66.7 Å². The van der Waals surface area contributed by atoms with Crippen molar-refractivity contribution in [3.63, 3.8) is 0 Å². The first-order chi connectivity index (χ1) is 13.7. The number of aliphatic hydroxyl groups is 2. The lowest BCUT2D eigenvalue weighted by molar-refractivity contribution is -0.0222. The summed E-state index contributed by atoms with van der Waals surface area (Å²) in [4.78, 5) is 0. The van der Waals surface area contributed by atoms with Gasteiger partial charge in [0, 0.05) is 6.42 Å². The molecule has 0 aliphatic carbocycles. The summed E-state index contributed by atoms with van der Waals surface area (Å²) in [7, 11) is 0. The third-order valence-corrected chi connectivity index (χ3v) is 6.29. The molecule has 1 heterocycles. The molecule has 1 aliphatic heterocycles. The summed E-state index contributed by atoms with van der Waals surface area (Å²) in [6, 6.07) is 23.8. The molecule has 28 heavy (non-hydrogen) atoms. The van der Waals surface area contributed by atoms with Crippen LogP contribution in [0.1, 0.15) is 18.1 Å². The van der Waals surface area contributed by atoms with Crippen LogP contribution in [0.4, 0.5) is 0 Å². The second-order valence-electron chi connectivity index (χ2n) is 7.82. The molecular formula is C25H20O3. The van der Waals surface area contributed by atoms with Gasteiger partial charge in [-0.25, -0.2) is 0 Å². The normalized spacial score (nSPS) is 22.9. The lowest BCUT2D eigenvalue weighted by atomic mass is 9.88. The van der Waals surface area contributed by atoms with E-state index in [1.54, 1.807) is 0 Å². The number of hydrogen-bond acceptors (Lipinski definition) is 3. The van der Waals surface area contributed by atoms with Gasteiger partial charge >= 0.3 is 0 Å². The smallest absolute Gasteiger partial charge is 0.107 e. The van der Waals surface area contributed by atoms with Gasteiger partial charge in [0.05, 0.1) is 18.8 Å². The van der Waals surface area contributed by atoms with Crippen LogP contribution in [0.2, 0.25) is 0 Å². The first-order valence-corrected chi connectivity index (χ1v) is 9.78. The maximum absolute atomic E-state index is 10.2. The van der Waals surface area contributed by atoms with E-state index < -0.39 is 12.2 Å². The Bertz CT molecular complexity index is 1320. The first kappa shape index (κ1) is 16.3. The monoisotopic (exact) mass is 368 g/mol. The standard InChI is InChI=1S/C25H20O3/c26-13-23-21(27)12-22(28-23)18-6-2-5-17-19-10-9-15-4-1-3-14-7-8-16(11-20(17)18)25(19)24(14)15/h1-11,21-23,26-27H,12-13H2/t21-,22?,23+/m0/s1. The Morgan fingerprint density at radius 3 is 2.32 bits per heavy atom. The molecule has 1 fully saturated rings. The van der Waals surface area contributed by atoms with Crippen molar-refractivity contribution in [2.75, 3.05) is 6.61 Å². The van der Waals surface area contributed by atoms with Gasteiger partial charge in [0.15, 0.2) is 0 Å². The molecule has 0 radical (unpaired) electrons. The Balaban J connectivity index is 1.68. The van der Waals surface area contributed by atoms with Crippen LogP contribution in [0.25, 0.3) is 43.1 Å². The SMILES string of the molecule is OC[C@H]1OC(c2cccc3c2cc2ccc4cccc5ccc3c2c45)C[C@@H]1O. The molecule has 138 valence electrons. The predicted octanol–water partition coefficient (Wildman–Crippen LogP) is 4.92. The van der Waals surface area contributed by atoms with Crippen molar-refractivity contribution >= 4 is 43.1 Å². The van der Waals surface area contributed by atoms with Gasteiger partial charge in [-0.1, -0.05) is 60.7 Å². The Morgan fingerprint density at radius 2 is 1.54 bits per heavy atom. The highest BCUT2D eigenvalue weighted by Crippen LogP contribution is 2.42. The van der Waals surface area contributed by atoms with Gasteiger partial charge in [-0.2, -0.15) is 0 Å². The molecule has 0 spiro atoms. The highest BCUT2D eigenvalue weighted by atomic mass is 16.5. The van der Waals surface area contributed by atoms with Gasteiger partial charge in [0.2, 0.25) is 0 Å². The van der Waals surface area contributed by atoms with Crippen LogP contribution in [0.5, 0.6) is 0 Å².